The maximum atomic E-state index is 13.3. The maximum absolute atomic E-state index is 13.3. The predicted octanol–water partition coefficient (Wildman–Crippen LogP) is 3.34. The van der Waals surface area contributed by atoms with E-state index in [1.54, 1.807) is 0 Å². The molecule has 2 atom stereocenters. The molecule has 0 saturated heterocycles. The van der Waals surface area contributed by atoms with E-state index >= 15 is 0 Å². The molecule has 0 amide bonds. The largest absolute Gasteiger partial charge is 0.490 e. The van der Waals surface area contributed by atoms with Crippen molar-refractivity contribution in [3.05, 3.63) is 64.7 Å². The first-order chi connectivity index (χ1) is 9.52. The first kappa shape index (κ1) is 13.1. The molecule has 1 heterocycles. The van der Waals surface area contributed by atoms with Crippen LogP contribution in [0.3, 0.4) is 0 Å². The molecule has 4 heteroatoms. The highest BCUT2D eigenvalue weighted by Gasteiger charge is 2.21. The van der Waals surface area contributed by atoms with Gasteiger partial charge in [-0.05, 0) is 41.8 Å². The number of benzene rings is 2. The number of fused-ring (bicyclic) bond motifs is 1. The Kier molecular flexibility index (Phi) is 3.18. The van der Waals surface area contributed by atoms with E-state index in [0.29, 0.717) is 5.56 Å². The first-order valence-corrected chi connectivity index (χ1v) is 6.54. The lowest BCUT2D eigenvalue weighted by Crippen LogP contribution is -2.12. The number of rotatable bonds is 2. The smallest absolute Gasteiger partial charge is 0.126 e. The van der Waals surface area contributed by atoms with Crippen LogP contribution in [-0.2, 0) is 6.42 Å². The average Bonchev–Trinajstić information content (AvgIpc) is 2.75. The maximum Gasteiger partial charge on any atom is 0.126 e. The Morgan fingerprint density at radius 2 is 1.80 bits per heavy atom. The molecule has 20 heavy (non-hydrogen) atoms. The van der Waals surface area contributed by atoms with Crippen LogP contribution in [0.4, 0.5) is 8.78 Å². The summed E-state index contributed by atoms with van der Waals surface area (Å²) in [5, 5.41) is 0. The normalized spacial score (nSPS) is 18.5. The number of hydrogen-bond donors (Lipinski definition) is 1. The zero-order valence-electron chi connectivity index (χ0n) is 11.1. The van der Waals surface area contributed by atoms with Crippen molar-refractivity contribution in [2.24, 2.45) is 5.73 Å². The van der Waals surface area contributed by atoms with E-state index in [1.807, 2.05) is 25.1 Å². The summed E-state index contributed by atoms with van der Waals surface area (Å²) in [6, 6.07) is 8.47. The van der Waals surface area contributed by atoms with Crippen molar-refractivity contribution >= 4 is 0 Å². The fourth-order valence-corrected chi connectivity index (χ4v) is 2.58. The summed E-state index contributed by atoms with van der Waals surface area (Å²) in [5.74, 6) is -0.374. The minimum atomic E-state index is -0.617. The third-order valence-electron chi connectivity index (χ3n) is 3.52. The summed E-state index contributed by atoms with van der Waals surface area (Å²) < 4.78 is 32.1. The van der Waals surface area contributed by atoms with Gasteiger partial charge in [-0.25, -0.2) is 8.78 Å². The second-order valence-corrected chi connectivity index (χ2v) is 5.18. The van der Waals surface area contributed by atoms with E-state index in [9.17, 15) is 8.78 Å². The zero-order valence-corrected chi connectivity index (χ0v) is 11.1. The van der Waals surface area contributed by atoms with E-state index in [2.05, 4.69) is 0 Å². The van der Waals surface area contributed by atoms with Crippen LogP contribution in [0, 0.1) is 11.6 Å². The van der Waals surface area contributed by atoms with Crippen LogP contribution in [0.2, 0.25) is 0 Å². The van der Waals surface area contributed by atoms with Gasteiger partial charge in [0.15, 0.2) is 0 Å². The molecule has 0 saturated carbocycles. The Balaban J connectivity index is 1.95. The molecule has 1 aliphatic rings. The summed E-state index contributed by atoms with van der Waals surface area (Å²) >= 11 is 0. The molecule has 104 valence electrons. The molecule has 2 nitrogen and oxygen atoms in total. The van der Waals surface area contributed by atoms with Gasteiger partial charge in [0.2, 0.25) is 0 Å². The standard InChI is InChI=1S/C16H15F2NO/c1-9-4-11-5-10(2-3-15(11)20-9)16(19)12-6-13(17)8-14(18)7-12/h2-3,5-9,16H,4,19H2,1H3. The van der Waals surface area contributed by atoms with Gasteiger partial charge in [-0.2, -0.15) is 0 Å². The highest BCUT2D eigenvalue weighted by molar-refractivity contribution is 5.43. The SMILES string of the molecule is CC1Cc2cc(C(N)c3cc(F)cc(F)c3)ccc2O1. The topological polar surface area (TPSA) is 35.2 Å². The van der Waals surface area contributed by atoms with E-state index < -0.39 is 17.7 Å². The van der Waals surface area contributed by atoms with Gasteiger partial charge >= 0.3 is 0 Å². The van der Waals surface area contributed by atoms with Gasteiger partial charge in [0.1, 0.15) is 23.5 Å². The highest BCUT2D eigenvalue weighted by atomic mass is 19.1. The molecule has 0 aromatic heterocycles. The van der Waals surface area contributed by atoms with Crippen molar-refractivity contribution < 1.29 is 13.5 Å². The highest BCUT2D eigenvalue weighted by Crippen LogP contribution is 2.32. The van der Waals surface area contributed by atoms with Crippen molar-refractivity contribution in [3.63, 3.8) is 0 Å². The molecule has 2 unspecified atom stereocenters. The monoisotopic (exact) mass is 275 g/mol. The van der Waals surface area contributed by atoms with Gasteiger partial charge < -0.3 is 10.5 Å². The van der Waals surface area contributed by atoms with Gasteiger partial charge in [-0.1, -0.05) is 12.1 Å². The first-order valence-electron chi connectivity index (χ1n) is 6.54. The third-order valence-corrected chi connectivity index (χ3v) is 3.52. The summed E-state index contributed by atoms with van der Waals surface area (Å²) in [6.07, 6.45) is 0.982. The summed E-state index contributed by atoms with van der Waals surface area (Å²) in [4.78, 5) is 0. The minimum Gasteiger partial charge on any atom is -0.490 e. The fourth-order valence-electron chi connectivity index (χ4n) is 2.58. The lowest BCUT2D eigenvalue weighted by Gasteiger charge is -2.14. The van der Waals surface area contributed by atoms with Crippen LogP contribution >= 0.6 is 0 Å². The fraction of sp³-hybridized carbons (Fsp3) is 0.250. The van der Waals surface area contributed by atoms with Gasteiger partial charge in [-0.3, -0.25) is 0 Å². The van der Waals surface area contributed by atoms with Gasteiger partial charge in [0, 0.05) is 12.5 Å². The lowest BCUT2D eigenvalue weighted by atomic mass is 9.96. The Morgan fingerprint density at radius 1 is 1.10 bits per heavy atom. The van der Waals surface area contributed by atoms with Crippen LogP contribution in [0.1, 0.15) is 29.7 Å². The van der Waals surface area contributed by atoms with Crippen molar-refractivity contribution in [2.75, 3.05) is 0 Å². The van der Waals surface area contributed by atoms with Crippen molar-refractivity contribution in [1.29, 1.82) is 0 Å². The molecule has 0 spiro atoms. The molecule has 0 aliphatic carbocycles. The molecular formula is C16H15F2NO. The molecule has 3 rings (SSSR count). The quantitative estimate of drug-likeness (QED) is 0.912. The van der Waals surface area contributed by atoms with Crippen LogP contribution in [0.5, 0.6) is 5.75 Å². The van der Waals surface area contributed by atoms with Crippen LogP contribution in [-0.4, -0.2) is 6.10 Å². The molecule has 0 fully saturated rings. The van der Waals surface area contributed by atoms with Crippen molar-refractivity contribution in [3.8, 4) is 5.75 Å². The average molecular weight is 275 g/mol. The molecule has 0 bridgehead atoms. The second kappa shape index (κ2) is 4.87. The molecule has 0 radical (unpaired) electrons. The molecule has 2 aromatic rings. The minimum absolute atomic E-state index is 0.156. The van der Waals surface area contributed by atoms with Crippen molar-refractivity contribution in [1.82, 2.24) is 0 Å². The summed E-state index contributed by atoms with van der Waals surface area (Å²) in [5.41, 5.74) is 8.44. The van der Waals surface area contributed by atoms with E-state index in [0.717, 1.165) is 29.4 Å². The van der Waals surface area contributed by atoms with Crippen LogP contribution < -0.4 is 10.5 Å². The van der Waals surface area contributed by atoms with Crippen molar-refractivity contribution in [2.45, 2.75) is 25.5 Å². The van der Waals surface area contributed by atoms with E-state index in [4.69, 9.17) is 10.5 Å². The third kappa shape index (κ3) is 2.39. The van der Waals surface area contributed by atoms with Gasteiger partial charge in [0.25, 0.3) is 0 Å². The summed E-state index contributed by atoms with van der Waals surface area (Å²) in [7, 11) is 0. The zero-order chi connectivity index (χ0) is 14.3. The Bertz CT molecular complexity index is 637. The Hall–Kier alpha value is -1.94. The number of nitrogens with two attached hydrogens (primary N) is 1. The van der Waals surface area contributed by atoms with E-state index in [1.165, 1.54) is 12.1 Å². The molecule has 2 aromatic carbocycles. The second-order valence-electron chi connectivity index (χ2n) is 5.18. The lowest BCUT2D eigenvalue weighted by molar-refractivity contribution is 0.254. The van der Waals surface area contributed by atoms with E-state index in [-0.39, 0.29) is 6.10 Å². The Labute approximate surface area is 116 Å². The number of halogens is 2. The molecule has 1 aliphatic heterocycles. The van der Waals surface area contributed by atoms with Crippen LogP contribution in [0.25, 0.3) is 0 Å². The number of hydrogen-bond acceptors (Lipinski definition) is 2. The Morgan fingerprint density at radius 3 is 2.50 bits per heavy atom. The summed E-state index contributed by atoms with van der Waals surface area (Å²) in [6.45, 7) is 2.00. The molecular weight excluding hydrogens is 260 g/mol. The van der Waals surface area contributed by atoms with Gasteiger partial charge in [0.05, 0.1) is 6.04 Å². The van der Waals surface area contributed by atoms with Crippen LogP contribution in [0.15, 0.2) is 36.4 Å². The predicted molar refractivity (Wildman–Crippen MR) is 72.6 cm³/mol. The molecule has 2 N–H and O–H groups in total. The number of ether oxygens (including phenoxy) is 1. The van der Waals surface area contributed by atoms with Gasteiger partial charge in [-0.15, -0.1) is 0 Å².